The van der Waals surface area contributed by atoms with Gasteiger partial charge in [0.05, 0.1) is 11.0 Å². The zero-order valence-corrected chi connectivity index (χ0v) is 10.1. The van der Waals surface area contributed by atoms with Crippen LogP contribution in [-0.2, 0) is 0 Å². The van der Waals surface area contributed by atoms with Crippen LogP contribution in [0.5, 0.6) is 0 Å². The van der Waals surface area contributed by atoms with Crippen LogP contribution in [0.2, 0.25) is 0 Å². The molecule has 2 atom stereocenters. The van der Waals surface area contributed by atoms with E-state index in [-0.39, 0.29) is 18.0 Å². The number of hydrogen-bond acceptors (Lipinski definition) is 4. The molecule has 94 valence electrons. The Hall–Kier alpha value is -1.17. The molecule has 1 rings (SSSR count). The zero-order chi connectivity index (χ0) is 13.0. The second kappa shape index (κ2) is 5.95. The maximum atomic E-state index is 10.7. The molecule has 1 aromatic rings. The van der Waals surface area contributed by atoms with Gasteiger partial charge >= 0.3 is 0 Å². The molecule has 0 fully saturated rings. The fourth-order valence-corrected chi connectivity index (χ4v) is 1.72. The fraction of sp³-hybridized carbons (Fsp3) is 0.455. The number of hydrogen-bond donors (Lipinski definition) is 2. The Bertz CT molecular complexity index is 410. The van der Waals surface area contributed by atoms with E-state index in [1.165, 1.54) is 6.07 Å². The van der Waals surface area contributed by atoms with E-state index in [2.05, 4.69) is 0 Å². The summed E-state index contributed by atoms with van der Waals surface area (Å²) in [4.78, 5) is 10.2. The first-order chi connectivity index (χ1) is 7.97. The summed E-state index contributed by atoms with van der Waals surface area (Å²) in [7, 11) is 0. The molecule has 0 aromatic heterocycles. The van der Waals surface area contributed by atoms with Crippen LogP contribution in [-0.4, -0.2) is 27.1 Å². The molecule has 0 radical (unpaired) electrons. The summed E-state index contributed by atoms with van der Waals surface area (Å²) in [5, 5.41) is 30.1. The smallest absolute Gasteiger partial charge is 0.272 e. The van der Waals surface area contributed by atoms with Gasteiger partial charge < -0.3 is 10.2 Å². The number of nitro groups is 1. The molecule has 1 aromatic carbocycles. The molecule has 0 aliphatic rings. The van der Waals surface area contributed by atoms with Crippen LogP contribution in [0.1, 0.15) is 23.7 Å². The number of aliphatic hydroxyl groups is 2. The van der Waals surface area contributed by atoms with Crippen molar-refractivity contribution in [2.24, 2.45) is 0 Å². The van der Waals surface area contributed by atoms with Gasteiger partial charge in [-0.15, -0.1) is 11.6 Å². The van der Waals surface area contributed by atoms with Crippen LogP contribution in [0.15, 0.2) is 18.2 Å². The molecule has 6 heteroatoms. The van der Waals surface area contributed by atoms with Crippen LogP contribution in [0, 0.1) is 17.0 Å². The van der Waals surface area contributed by atoms with Crippen LogP contribution in [0.25, 0.3) is 0 Å². The molecule has 0 heterocycles. The number of alkyl halides is 1. The van der Waals surface area contributed by atoms with Gasteiger partial charge in [0, 0.05) is 17.5 Å². The molecule has 0 aliphatic heterocycles. The van der Waals surface area contributed by atoms with Crippen LogP contribution >= 0.6 is 11.6 Å². The summed E-state index contributed by atoms with van der Waals surface area (Å²) >= 11 is 5.46. The molecule has 0 spiro atoms. The van der Waals surface area contributed by atoms with Crippen molar-refractivity contribution in [1.82, 2.24) is 0 Å². The largest absolute Gasteiger partial charge is 0.390 e. The highest BCUT2D eigenvalue weighted by Crippen LogP contribution is 2.25. The summed E-state index contributed by atoms with van der Waals surface area (Å²) in [6.45, 7) is 1.61. The topological polar surface area (TPSA) is 83.6 Å². The Morgan fingerprint density at radius 2 is 2.12 bits per heavy atom. The second-order valence-electron chi connectivity index (χ2n) is 3.79. The van der Waals surface area contributed by atoms with Crippen molar-refractivity contribution in [1.29, 1.82) is 0 Å². The van der Waals surface area contributed by atoms with E-state index in [9.17, 15) is 20.3 Å². The van der Waals surface area contributed by atoms with Crippen LogP contribution < -0.4 is 0 Å². The third-order valence-corrected chi connectivity index (χ3v) is 2.76. The second-order valence-corrected chi connectivity index (χ2v) is 4.17. The Labute approximate surface area is 104 Å². The number of halogens is 1. The summed E-state index contributed by atoms with van der Waals surface area (Å²) < 4.78 is 0. The van der Waals surface area contributed by atoms with E-state index in [4.69, 9.17) is 11.6 Å². The van der Waals surface area contributed by atoms with Gasteiger partial charge in [0.1, 0.15) is 6.10 Å². The molecule has 17 heavy (non-hydrogen) atoms. The number of aliphatic hydroxyl groups excluding tert-OH is 2. The predicted molar refractivity (Wildman–Crippen MR) is 64.1 cm³/mol. The van der Waals surface area contributed by atoms with E-state index < -0.39 is 17.1 Å². The van der Waals surface area contributed by atoms with E-state index in [0.717, 1.165) is 0 Å². The Balaban J connectivity index is 2.99. The summed E-state index contributed by atoms with van der Waals surface area (Å²) in [6.07, 6.45) is -1.95. The van der Waals surface area contributed by atoms with E-state index in [0.29, 0.717) is 11.1 Å². The standard InChI is InChI=1S/C11H14ClNO4/c1-7-2-3-8(6-9(7)13(16)17)11(15)10(14)4-5-12/h2-3,6,10-11,14-15H,4-5H2,1H3. The van der Waals surface area contributed by atoms with Crippen LogP contribution in [0.4, 0.5) is 5.69 Å². The SMILES string of the molecule is Cc1ccc(C(O)C(O)CCCl)cc1[N+](=O)[O-]. The van der Waals surface area contributed by atoms with Gasteiger partial charge in [-0.3, -0.25) is 10.1 Å². The number of benzene rings is 1. The van der Waals surface area contributed by atoms with Crippen molar-refractivity contribution >= 4 is 17.3 Å². The van der Waals surface area contributed by atoms with E-state index in [1.54, 1.807) is 19.1 Å². The minimum Gasteiger partial charge on any atom is -0.390 e. The average molecular weight is 260 g/mol. The highest BCUT2D eigenvalue weighted by Gasteiger charge is 2.21. The van der Waals surface area contributed by atoms with Gasteiger partial charge in [0.15, 0.2) is 0 Å². The lowest BCUT2D eigenvalue weighted by Crippen LogP contribution is -2.18. The summed E-state index contributed by atoms with van der Waals surface area (Å²) in [5.74, 6) is 0.214. The van der Waals surface area contributed by atoms with Gasteiger partial charge in [0.2, 0.25) is 0 Å². The Morgan fingerprint density at radius 3 is 2.65 bits per heavy atom. The van der Waals surface area contributed by atoms with Crippen molar-refractivity contribution in [2.45, 2.75) is 25.6 Å². The van der Waals surface area contributed by atoms with Crippen LogP contribution in [0.3, 0.4) is 0 Å². The molecule has 0 bridgehead atoms. The van der Waals surface area contributed by atoms with Crippen molar-refractivity contribution in [3.8, 4) is 0 Å². The van der Waals surface area contributed by atoms with Crippen molar-refractivity contribution < 1.29 is 15.1 Å². The third-order valence-electron chi connectivity index (χ3n) is 2.54. The first-order valence-electron chi connectivity index (χ1n) is 5.14. The predicted octanol–water partition coefficient (Wildman–Crippen LogP) is 1.93. The third kappa shape index (κ3) is 3.39. The van der Waals surface area contributed by atoms with E-state index >= 15 is 0 Å². The van der Waals surface area contributed by atoms with Gasteiger partial charge in [0.25, 0.3) is 5.69 Å². The maximum absolute atomic E-state index is 10.7. The number of aryl methyl sites for hydroxylation is 1. The molecule has 0 amide bonds. The van der Waals surface area contributed by atoms with Crippen molar-refractivity contribution in [3.63, 3.8) is 0 Å². The highest BCUT2D eigenvalue weighted by molar-refractivity contribution is 6.17. The molecule has 0 aliphatic carbocycles. The lowest BCUT2D eigenvalue weighted by molar-refractivity contribution is -0.385. The molecule has 0 saturated carbocycles. The van der Waals surface area contributed by atoms with Gasteiger partial charge in [-0.2, -0.15) is 0 Å². The first kappa shape index (κ1) is 13.9. The Kier molecular flexibility index (Phi) is 4.86. The van der Waals surface area contributed by atoms with Gasteiger partial charge in [-0.1, -0.05) is 12.1 Å². The number of nitrogens with zero attached hydrogens (tertiary/aromatic N) is 1. The molecule has 2 unspecified atom stereocenters. The number of rotatable bonds is 5. The quantitative estimate of drug-likeness (QED) is 0.481. The van der Waals surface area contributed by atoms with Gasteiger partial charge in [-0.25, -0.2) is 0 Å². The van der Waals surface area contributed by atoms with Gasteiger partial charge in [-0.05, 0) is 18.9 Å². The first-order valence-corrected chi connectivity index (χ1v) is 5.68. The Morgan fingerprint density at radius 1 is 1.47 bits per heavy atom. The minimum atomic E-state index is -1.16. The molecule has 2 N–H and O–H groups in total. The normalized spacial score (nSPS) is 14.4. The molecular formula is C11H14ClNO4. The molecule has 5 nitrogen and oxygen atoms in total. The maximum Gasteiger partial charge on any atom is 0.272 e. The van der Waals surface area contributed by atoms with Crippen molar-refractivity contribution in [2.75, 3.05) is 5.88 Å². The lowest BCUT2D eigenvalue weighted by Gasteiger charge is -2.17. The zero-order valence-electron chi connectivity index (χ0n) is 9.34. The minimum absolute atomic E-state index is 0.0698. The highest BCUT2D eigenvalue weighted by atomic mass is 35.5. The fourth-order valence-electron chi connectivity index (χ4n) is 1.50. The summed E-state index contributed by atoms with van der Waals surface area (Å²) in [5.41, 5.74) is 0.761. The monoisotopic (exact) mass is 259 g/mol. The average Bonchev–Trinajstić information content (AvgIpc) is 2.28. The van der Waals surface area contributed by atoms with Crippen molar-refractivity contribution in [3.05, 3.63) is 39.4 Å². The number of nitro benzene ring substituents is 1. The molecule has 0 saturated heterocycles. The van der Waals surface area contributed by atoms with E-state index in [1.807, 2.05) is 0 Å². The lowest BCUT2D eigenvalue weighted by atomic mass is 10.0. The summed E-state index contributed by atoms with van der Waals surface area (Å²) in [6, 6.07) is 4.38. The molecular weight excluding hydrogens is 246 g/mol.